The lowest BCUT2D eigenvalue weighted by atomic mass is 9.98. The highest BCUT2D eigenvalue weighted by atomic mass is 19.1. The highest BCUT2D eigenvalue weighted by molar-refractivity contribution is 5.21. The zero-order chi connectivity index (χ0) is 13.9. The third-order valence-corrected chi connectivity index (χ3v) is 3.54. The molecule has 0 bridgehead atoms. The molecule has 0 saturated carbocycles. The Morgan fingerprint density at radius 3 is 2.80 bits per heavy atom. The summed E-state index contributed by atoms with van der Waals surface area (Å²) in [6.45, 7) is 1.89. The lowest BCUT2D eigenvalue weighted by Crippen LogP contribution is -2.27. The van der Waals surface area contributed by atoms with Crippen molar-refractivity contribution < 1.29 is 13.3 Å². The first-order chi connectivity index (χ1) is 9.72. The second-order valence-electron chi connectivity index (χ2n) is 4.98. The van der Waals surface area contributed by atoms with E-state index in [1.165, 1.54) is 12.1 Å². The first-order valence-electron chi connectivity index (χ1n) is 6.69. The number of halogens is 2. The minimum Gasteiger partial charge on any atom is -0.339 e. The minimum atomic E-state index is -0.591. The Balaban J connectivity index is 1.73. The van der Waals surface area contributed by atoms with E-state index in [0.29, 0.717) is 23.2 Å². The van der Waals surface area contributed by atoms with Crippen LogP contribution in [0.3, 0.4) is 0 Å². The number of aromatic nitrogens is 2. The van der Waals surface area contributed by atoms with Gasteiger partial charge in [0.15, 0.2) is 5.82 Å². The van der Waals surface area contributed by atoms with Crippen LogP contribution in [0.4, 0.5) is 8.78 Å². The first-order valence-corrected chi connectivity index (χ1v) is 6.69. The molecule has 0 aliphatic carbocycles. The molecule has 1 aliphatic rings. The van der Waals surface area contributed by atoms with E-state index in [4.69, 9.17) is 4.52 Å². The van der Waals surface area contributed by atoms with Crippen LogP contribution in [0.1, 0.15) is 36.0 Å². The van der Waals surface area contributed by atoms with Crippen molar-refractivity contribution in [3.05, 3.63) is 47.1 Å². The molecule has 1 aliphatic heterocycles. The lowest BCUT2D eigenvalue weighted by molar-refractivity contribution is 0.364. The minimum absolute atomic E-state index is 0.185. The van der Waals surface area contributed by atoms with Crippen molar-refractivity contribution in [1.29, 1.82) is 0 Å². The van der Waals surface area contributed by atoms with Crippen molar-refractivity contribution in [2.24, 2.45) is 0 Å². The maximum atomic E-state index is 13.6. The van der Waals surface area contributed by atoms with E-state index in [0.717, 1.165) is 32.0 Å². The van der Waals surface area contributed by atoms with Crippen LogP contribution >= 0.6 is 0 Å². The van der Waals surface area contributed by atoms with Crippen LogP contribution in [0.15, 0.2) is 22.7 Å². The summed E-state index contributed by atoms with van der Waals surface area (Å²) in [7, 11) is 0. The molecule has 4 nitrogen and oxygen atoms in total. The maximum Gasteiger partial charge on any atom is 0.231 e. The summed E-state index contributed by atoms with van der Waals surface area (Å²) >= 11 is 0. The Bertz CT molecular complexity index is 594. The van der Waals surface area contributed by atoms with Crippen molar-refractivity contribution in [2.75, 3.05) is 13.1 Å². The number of hydrogen-bond donors (Lipinski definition) is 1. The number of rotatable bonds is 3. The third kappa shape index (κ3) is 2.85. The van der Waals surface area contributed by atoms with Gasteiger partial charge in [0.1, 0.15) is 11.6 Å². The zero-order valence-corrected chi connectivity index (χ0v) is 10.9. The van der Waals surface area contributed by atoms with Crippen molar-refractivity contribution in [3.8, 4) is 0 Å². The molecular weight excluding hydrogens is 264 g/mol. The normalized spacial score (nSPS) is 16.5. The van der Waals surface area contributed by atoms with E-state index >= 15 is 0 Å². The van der Waals surface area contributed by atoms with E-state index in [9.17, 15) is 8.78 Å². The van der Waals surface area contributed by atoms with Gasteiger partial charge < -0.3 is 9.84 Å². The fourth-order valence-electron chi connectivity index (χ4n) is 2.41. The van der Waals surface area contributed by atoms with Gasteiger partial charge in [0.05, 0.1) is 6.42 Å². The van der Waals surface area contributed by atoms with Crippen molar-refractivity contribution >= 4 is 0 Å². The van der Waals surface area contributed by atoms with Crippen LogP contribution in [-0.2, 0) is 6.42 Å². The predicted molar refractivity (Wildman–Crippen MR) is 68.3 cm³/mol. The molecule has 106 valence electrons. The highest BCUT2D eigenvalue weighted by Crippen LogP contribution is 2.23. The molecule has 6 heteroatoms. The molecule has 0 amide bonds. The molecule has 0 radical (unpaired) electrons. The van der Waals surface area contributed by atoms with E-state index in [-0.39, 0.29) is 6.42 Å². The Kier molecular flexibility index (Phi) is 3.73. The summed E-state index contributed by atoms with van der Waals surface area (Å²) in [4.78, 5) is 4.33. The first kappa shape index (κ1) is 13.2. The predicted octanol–water partition coefficient (Wildman–Crippen LogP) is 2.41. The summed E-state index contributed by atoms with van der Waals surface area (Å²) in [5, 5.41) is 7.25. The van der Waals surface area contributed by atoms with Gasteiger partial charge in [-0.15, -0.1) is 0 Å². The fourth-order valence-corrected chi connectivity index (χ4v) is 2.41. The average molecular weight is 279 g/mol. The summed E-state index contributed by atoms with van der Waals surface area (Å²) in [5.74, 6) is 0.165. The van der Waals surface area contributed by atoms with Crippen LogP contribution in [-0.4, -0.2) is 23.2 Å². The largest absolute Gasteiger partial charge is 0.339 e. The summed E-state index contributed by atoms with van der Waals surface area (Å²) in [6, 6.07) is 3.49. The standard InChI is InChI=1S/C14H15F2N3O/c15-11-2-1-10(12(16)8-11)7-13-18-14(19-20-13)9-3-5-17-6-4-9/h1-2,8-9,17H,3-7H2. The SMILES string of the molecule is Fc1ccc(Cc2nc(C3CCNCC3)no2)c(F)c1. The molecule has 1 aromatic heterocycles. The molecule has 1 fully saturated rings. The van der Waals surface area contributed by atoms with Gasteiger partial charge in [-0.05, 0) is 37.6 Å². The fraction of sp³-hybridized carbons (Fsp3) is 0.429. The molecule has 0 atom stereocenters. The number of nitrogens with one attached hydrogen (secondary N) is 1. The monoisotopic (exact) mass is 279 g/mol. The molecule has 0 spiro atoms. The van der Waals surface area contributed by atoms with Crippen LogP contribution in [0.5, 0.6) is 0 Å². The van der Waals surface area contributed by atoms with E-state index < -0.39 is 11.6 Å². The summed E-state index contributed by atoms with van der Waals surface area (Å²) in [6.07, 6.45) is 2.14. The molecule has 2 aromatic rings. The smallest absolute Gasteiger partial charge is 0.231 e. The summed E-state index contributed by atoms with van der Waals surface area (Å²) in [5.41, 5.74) is 0.354. The van der Waals surface area contributed by atoms with Gasteiger partial charge in [0.2, 0.25) is 5.89 Å². The van der Waals surface area contributed by atoms with Crippen LogP contribution in [0.25, 0.3) is 0 Å². The van der Waals surface area contributed by atoms with E-state index in [2.05, 4.69) is 15.5 Å². The molecular formula is C14H15F2N3O. The second-order valence-corrected chi connectivity index (χ2v) is 4.98. The Morgan fingerprint density at radius 2 is 2.05 bits per heavy atom. The Morgan fingerprint density at radius 1 is 1.25 bits per heavy atom. The molecule has 3 rings (SSSR count). The van der Waals surface area contributed by atoms with Crippen LogP contribution in [0, 0.1) is 11.6 Å². The van der Waals surface area contributed by atoms with Gasteiger partial charge in [0, 0.05) is 12.0 Å². The molecule has 20 heavy (non-hydrogen) atoms. The number of hydrogen-bond acceptors (Lipinski definition) is 4. The van der Waals surface area contributed by atoms with Gasteiger partial charge in [0.25, 0.3) is 0 Å². The van der Waals surface area contributed by atoms with Gasteiger partial charge in [-0.1, -0.05) is 11.2 Å². The van der Waals surface area contributed by atoms with Crippen LogP contribution in [0.2, 0.25) is 0 Å². The molecule has 0 unspecified atom stereocenters. The zero-order valence-electron chi connectivity index (χ0n) is 10.9. The second kappa shape index (κ2) is 5.66. The lowest BCUT2D eigenvalue weighted by Gasteiger charge is -2.18. The van der Waals surface area contributed by atoms with Crippen LogP contribution < -0.4 is 5.32 Å². The van der Waals surface area contributed by atoms with Gasteiger partial charge in [-0.3, -0.25) is 0 Å². The average Bonchev–Trinajstić information content (AvgIpc) is 2.92. The van der Waals surface area contributed by atoms with Gasteiger partial charge >= 0.3 is 0 Å². The Labute approximate surface area is 115 Å². The number of benzene rings is 1. The topological polar surface area (TPSA) is 51.0 Å². The quantitative estimate of drug-likeness (QED) is 0.937. The van der Waals surface area contributed by atoms with Gasteiger partial charge in [-0.25, -0.2) is 8.78 Å². The number of piperidine rings is 1. The molecule has 1 saturated heterocycles. The molecule has 2 heterocycles. The molecule has 1 aromatic carbocycles. The highest BCUT2D eigenvalue weighted by Gasteiger charge is 2.21. The third-order valence-electron chi connectivity index (χ3n) is 3.54. The Hall–Kier alpha value is -1.82. The van der Waals surface area contributed by atoms with E-state index in [1.807, 2.05) is 0 Å². The summed E-state index contributed by atoms with van der Waals surface area (Å²) < 4.78 is 31.6. The van der Waals surface area contributed by atoms with Crippen molar-refractivity contribution in [2.45, 2.75) is 25.2 Å². The van der Waals surface area contributed by atoms with Crippen molar-refractivity contribution in [3.63, 3.8) is 0 Å². The van der Waals surface area contributed by atoms with Crippen molar-refractivity contribution in [1.82, 2.24) is 15.5 Å². The van der Waals surface area contributed by atoms with Gasteiger partial charge in [-0.2, -0.15) is 4.98 Å². The van der Waals surface area contributed by atoms with E-state index in [1.54, 1.807) is 0 Å². The molecule has 1 N–H and O–H groups in total. The maximum absolute atomic E-state index is 13.6. The number of nitrogens with zero attached hydrogens (tertiary/aromatic N) is 2.